The summed E-state index contributed by atoms with van der Waals surface area (Å²) in [5.41, 5.74) is 0.803. The van der Waals surface area contributed by atoms with E-state index < -0.39 is 0 Å². The lowest BCUT2D eigenvalue weighted by Crippen LogP contribution is -2.37. The minimum Gasteiger partial charge on any atom is -0.326 e. The van der Waals surface area contributed by atoms with E-state index in [9.17, 15) is 14.4 Å². The molecule has 1 N–H and O–H groups in total. The second-order valence-corrected chi connectivity index (χ2v) is 10.2. The Morgan fingerprint density at radius 2 is 1.57 bits per heavy atom. The third-order valence-electron chi connectivity index (χ3n) is 6.42. The van der Waals surface area contributed by atoms with Gasteiger partial charge in [-0.3, -0.25) is 19.3 Å². The smallest absolute Gasteiger partial charge is 0.233 e. The van der Waals surface area contributed by atoms with Gasteiger partial charge in [-0.1, -0.05) is 56.5 Å². The van der Waals surface area contributed by atoms with Crippen molar-refractivity contribution in [3.05, 3.63) is 30.3 Å². The zero-order valence-corrected chi connectivity index (χ0v) is 18.7. The summed E-state index contributed by atoms with van der Waals surface area (Å²) in [5.74, 6) is 0.309. The van der Waals surface area contributed by atoms with E-state index >= 15 is 0 Å². The van der Waals surface area contributed by atoms with Gasteiger partial charge in [-0.2, -0.15) is 0 Å². The molecular weight excluding hydrogens is 488 g/mol. The fourth-order valence-corrected chi connectivity index (χ4v) is 6.98. The molecule has 1 heterocycles. The first-order valence-electron chi connectivity index (χ1n) is 9.97. The van der Waals surface area contributed by atoms with Crippen molar-refractivity contribution in [3.8, 4) is 0 Å². The number of likely N-dealkylation sites (tertiary alicyclic amines) is 1. The molecule has 3 fully saturated rings. The lowest BCUT2D eigenvalue weighted by Gasteiger charge is -2.28. The van der Waals surface area contributed by atoms with Crippen LogP contribution in [0, 0.1) is 23.7 Å². The molecule has 28 heavy (non-hydrogen) atoms. The first kappa shape index (κ1) is 20.1. The molecule has 2 aliphatic carbocycles. The molecule has 7 heteroatoms. The summed E-state index contributed by atoms with van der Waals surface area (Å²) >= 11 is 7.42. The number of unbranched alkanes of at least 4 members (excludes halogenated alkanes) is 2. The van der Waals surface area contributed by atoms with Crippen LogP contribution in [0.15, 0.2) is 30.3 Å². The van der Waals surface area contributed by atoms with Crippen LogP contribution in [0.4, 0.5) is 5.69 Å². The van der Waals surface area contributed by atoms with Crippen LogP contribution in [0.5, 0.6) is 0 Å². The van der Waals surface area contributed by atoms with Crippen molar-refractivity contribution >= 4 is 55.3 Å². The summed E-state index contributed by atoms with van der Waals surface area (Å²) in [4.78, 5) is 39.7. The normalized spacial score (nSPS) is 33.4. The number of nitrogens with zero attached hydrogens (tertiary/aromatic N) is 1. The molecular formula is C21H24Br2N2O3. The van der Waals surface area contributed by atoms with Crippen LogP contribution < -0.4 is 5.32 Å². The fourth-order valence-electron chi connectivity index (χ4n) is 5.11. The summed E-state index contributed by atoms with van der Waals surface area (Å²) in [6.07, 6.45) is 3.73. The molecule has 0 unspecified atom stereocenters. The molecule has 0 aromatic heterocycles. The first-order chi connectivity index (χ1) is 13.5. The van der Waals surface area contributed by atoms with Gasteiger partial charge in [0.2, 0.25) is 17.7 Å². The maximum atomic E-state index is 12.8. The lowest BCUT2D eigenvalue weighted by molar-refractivity contribution is -0.140. The third-order valence-corrected chi connectivity index (χ3v) is 9.63. The Hall–Kier alpha value is -1.21. The molecule has 0 radical (unpaired) electrons. The van der Waals surface area contributed by atoms with Crippen LogP contribution in [0.1, 0.15) is 32.1 Å². The van der Waals surface area contributed by atoms with E-state index in [-0.39, 0.29) is 51.0 Å². The molecule has 4 rings (SSSR count). The van der Waals surface area contributed by atoms with Crippen LogP contribution in [0.3, 0.4) is 0 Å². The average Bonchev–Trinajstić information content (AvgIpc) is 3.28. The van der Waals surface area contributed by atoms with Gasteiger partial charge in [-0.05, 0) is 43.2 Å². The van der Waals surface area contributed by atoms with Gasteiger partial charge in [0.15, 0.2) is 0 Å². The van der Waals surface area contributed by atoms with Gasteiger partial charge in [0.25, 0.3) is 0 Å². The molecule has 5 nitrogen and oxygen atoms in total. The highest BCUT2D eigenvalue weighted by Crippen LogP contribution is 2.60. The zero-order valence-electron chi connectivity index (χ0n) is 15.5. The summed E-state index contributed by atoms with van der Waals surface area (Å²) in [6, 6.07) is 9.41. The number of carbonyl (C=O) groups is 3. The summed E-state index contributed by atoms with van der Waals surface area (Å²) < 4.78 is 0. The summed E-state index contributed by atoms with van der Waals surface area (Å²) in [6.45, 7) is 0.477. The van der Waals surface area contributed by atoms with Gasteiger partial charge in [0, 0.05) is 28.3 Å². The predicted molar refractivity (Wildman–Crippen MR) is 114 cm³/mol. The molecule has 150 valence electrons. The number of para-hydroxylation sites is 1. The van der Waals surface area contributed by atoms with Crippen LogP contribution in [-0.2, 0) is 14.4 Å². The lowest BCUT2D eigenvalue weighted by atomic mass is 9.81. The Kier molecular flexibility index (Phi) is 5.93. The number of amides is 3. The molecule has 1 aliphatic heterocycles. The Morgan fingerprint density at radius 1 is 0.964 bits per heavy atom. The van der Waals surface area contributed by atoms with Gasteiger partial charge in [-0.25, -0.2) is 0 Å². The van der Waals surface area contributed by atoms with Crippen molar-refractivity contribution in [1.82, 2.24) is 4.90 Å². The Morgan fingerprint density at radius 3 is 2.18 bits per heavy atom. The molecule has 3 amide bonds. The van der Waals surface area contributed by atoms with Crippen molar-refractivity contribution < 1.29 is 14.4 Å². The maximum Gasteiger partial charge on any atom is 0.233 e. The molecule has 2 bridgehead atoms. The van der Waals surface area contributed by atoms with E-state index in [1.807, 2.05) is 30.3 Å². The van der Waals surface area contributed by atoms with Crippen LogP contribution in [-0.4, -0.2) is 38.8 Å². The number of anilines is 1. The number of benzene rings is 1. The van der Waals surface area contributed by atoms with Crippen molar-refractivity contribution in [2.24, 2.45) is 23.7 Å². The maximum absolute atomic E-state index is 12.8. The first-order valence-corrected chi connectivity index (χ1v) is 11.8. The number of rotatable bonds is 7. The second kappa shape index (κ2) is 8.27. The molecule has 1 aromatic carbocycles. The van der Waals surface area contributed by atoms with Gasteiger partial charge < -0.3 is 5.32 Å². The Balaban J connectivity index is 1.21. The molecule has 0 spiro atoms. The highest BCUT2D eigenvalue weighted by molar-refractivity contribution is 9.12. The highest BCUT2D eigenvalue weighted by atomic mass is 79.9. The van der Waals surface area contributed by atoms with E-state index in [0.717, 1.165) is 31.4 Å². The molecule has 3 aliphatic rings. The van der Waals surface area contributed by atoms with E-state index in [4.69, 9.17) is 0 Å². The number of hydrogen-bond donors (Lipinski definition) is 1. The third kappa shape index (κ3) is 3.56. The fraction of sp³-hybridized carbons (Fsp3) is 0.571. The Labute approximate surface area is 181 Å². The molecule has 6 atom stereocenters. The number of nitrogens with one attached hydrogen (secondary N) is 1. The van der Waals surface area contributed by atoms with E-state index in [0.29, 0.717) is 13.0 Å². The number of fused-ring (bicyclic) bond motifs is 5. The Bertz CT molecular complexity index is 740. The average molecular weight is 512 g/mol. The number of imide groups is 1. The topological polar surface area (TPSA) is 66.5 Å². The van der Waals surface area contributed by atoms with Gasteiger partial charge in [-0.15, -0.1) is 0 Å². The number of carbonyl (C=O) groups excluding carboxylic acids is 3. The minimum absolute atomic E-state index is 0.00245. The minimum atomic E-state index is -0.132. The van der Waals surface area contributed by atoms with Gasteiger partial charge >= 0.3 is 0 Å². The monoisotopic (exact) mass is 510 g/mol. The predicted octanol–water partition coefficient (Wildman–Crippen LogP) is 3.96. The van der Waals surface area contributed by atoms with Crippen LogP contribution in [0.2, 0.25) is 0 Å². The number of alkyl halides is 2. The summed E-state index contributed by atoms with van der Waals surface area (Å²) in [5, 5.41) is 2.87. The molecule has 1 aromatic rings. The van der Waals surface area contributed by atoms with Crippen molar-refractivity contribution in [1.29, 1.82) is 0 Å². The highest BCUT2D eigenvalue weighted by Gasteiger charge is 2.66. The standard InChI is InChI=1S/C21H24Br2N2O3/c22-18-13-11-14(19(18)23)17-16(13)20(27)25(21(17)28)10-6-2-5-9-15(26)24-12-7-3-1-4-8-12/h1,3-4,7-8,13-14,16-19H,2,5-6,9-11H2,(H,24,26)/t13-,14-,16-,17-,18-,19+/m0/s1. The molecule has 2 saturated carbocycles. The van der Waals surface area contributed by atoms with Crippen LogP contribution in [0.25, 0.3) is 0 Å². The van der Waals surface area contributed by atoms with Crippen molar-refractivity contribution in [3.63, 3.8) is 0 Å². The molecule has 1 saturated heterocycles. The second-order valence-electron chi connectivity index (χ2n) is 8.06. The van der Waals surface area contributed by atoms with E-state index in [1.165, 1.54) is 4.90 Å². The zero-order chi connectivity index (χ0) is 19.8. The van der Waals surface area contributed by atoms with Crippen molar-refractivity contribution in [2.75, 3.05) is 11.9 Å². The van der Waals surface area contributed by atoms with Crippen LogP contribution >= 0.6 is 31.9 Å². The SMILES string of the molecule is O=C(CCCCCN1C(=O)[C@H]2[C@@H]3C[C@H]([C@@H](Br)[C@H]3Br)[C@@H]2C1=O)Nc1ccccc1. The number of halogens is 2. The largest absolute Gasteiger partial charge is 0.326 e. The van der Waals surface area contributed by atoms with Gasteiger partial charge in [0.05, 0.1) is 11.8 Å². The summed E-state index contributed by atoms with van der Waals surface area (Å²) in [7, 11) is 0. The number of hydrogen-bond acceptors (Lipinski definition) is 3. The van der Waals surface area contributed by atoms with Crippen molar-refractivity contribution in [2.45, 2.75) is 41.8 Å². The van der Waals surface area contributed by atoms with E-state index in [1.54, 1.807) is 0 Å². The quantitative estimate of drug-likeness (QED) is 0.342. The van der Waals surface area contributed by atoms with Gasteiger partial charge in [0.1, 0.15) is 0 Å². The van der Waals surface area contributed by atoms with E-state index in [2.05, 4.69) is 37.2 Å².